The number of aromatic nitrogens is 3. The topological polar surface area (TPSA) is 86.3 Å². The molecule has 0 aromatic carbocycles. The monoisotopic (exact) mass is 303 g/mol. The highest BCUT2D eigenvalue weighted by Gasteiger charge is 2.22. The van der Waals surface area contributed by atoms with Crippen LogP contribution in [-0.2, 0) is 11.3 Å². The molecule has 8 nitrogen and oxygen atoms in total. The Balaban J connectivity index is 1.76. The van der Waals surface area contributed by atoms with E-state index in [2.05, 4.69) is 15.0 Å². The van der Waals surface area contributed by atoms with Crippen LogP contribution in [0.1, 0.15) is 0 Å². The van der Waals surface area contributed by atoms with Crippen molar-refractivity contribution in [1.29, 1.82) is 0 Å². The van der Waals surface area contributed by atoms with Gasteiger partial charge in [-0.25, -0.2) is 0 Å². The van der Waals surface area contributed by atoms with Gasteiger partial charge in [0.1, 0.15) is 6.20 Å². The van der Waals surface area contributed by atoms with Crippen molar-refractivity contribution in [2.75, 3.05) is 32.8 Å². The van der Waals surface area contributed by atoms with E-state index in [1.54, 1.807) is 29.1 Å². The average molecular weight is 303 g/mol. The number of ether oxygens (including phenoxy) is 1. The number of rotatable bonds is 5. The Bertz CT molecular complexity index is 637. The summed E-state index contributed by atoms with van der Waals surface area (Å²) in [6.45, 7) is 4.64. The smallest absolute Gasteiger partial charge is 0.316 e. The first-order valence-corrected chi connectivity index (χ1v) is 7.17. The van der Waals surface area contributed by atoms with Crippen LogP contribution in [0.2, 0.25) is 0 Å². The van der Waals surface area contributed by atoms with E-state index in [1.807, 2.05) is 0 Å². The van der Waals surface area contributed by atoms with Crippen LogP contribution in [0.4, 0.5) is 5.69 Å². The van der Waals surface area contributed by atoms with E-state index in [4.69, 9.17) is 4.74 Å². The molecule has 1 aliphatic rings. The second-order valence-corrected chi connectivity index (χ2v) is 5.05. The number of nitro groups is 1. The van der Waals surface area contributed by atoms with Gasteiger partial charge in [-0.3, -0.25) is 24.7 Å². The highest BCUT2D eigenvalue weighted by molar-refractivity contribution is 5.65. The van der Waals surface area contributed by atoms with Gasteiger partial charge in [0.25, 0.3) is 0 Å². The summed E-state index contributed by atoms with van der Waals surface area (Å²) in [4.78, 5) is 17.2. The van der Waals surface area contributed by atoms with E-state index in [0.717, 1.165) is 32.8 Å². The third kappa shape index (κ3) is 3.29. The SMILES string of the molecule is O=[N+]([O-])c1cn(CCN2CCOCC2)nc1-c1ccccn1. The molecule has 2 aromatic heterocycles. The second-order valence-electron chi connectivity index (χ2n) is 5.05. The van der Waals surface area contributed by atoms with Crippen LogP contribution < -0.4 is 0 Å². The molecule has 3 rings (SSSR count). The van der Waals surface area contributed by atoms with Gasteiger partial charge in [-0.2, -0.15) is 5.10 Å². The zero-order chi connectivity index (χ0) is 15.4. The maximum atomic E-state index is 11.2. The quantitative estimate of drug-likeness (QED) is 0.609. The molecule has 116 valence electrons. The first-order valence-electron chi connectivity index (χ1n) is 7.17. The number of hydrogen-bond acceptors (Lipinski definition) is 6. The van der Waals surface area contributed by atoms with Crippen LogP contribution >= 0.6 is 0 Å². The van der Waals surface area contributed by atoms with Crippen LogP contribution in [0.3, 0.4) is 0 Å². The van der Waals surface area contributed by atoms with Crippen molar-refractivity contribution in [3.8, 4) is 11.4 Å². The van der Waals surface area contributed by atoms with Gasteiger partial charge in [0.05, 0.1) is 30.4 Å². The third-order valence-corrected chi connectivity index (χ3v) is 3.60. The molecule has 22 heavy (non-hydrogen) atoms. The van der Waals surface area contributed by atoms with Crippen LogP contribution in [0.25, 0.3) is 11.4 Å². The predicted molar refractivity (Wildman–Crippen MR) is 79.4 cm³/mol. The Morgan fingerprint density at radius 3 is 2.77 bits per heavy atom. The minimum absolute atomic E-state index is 0.0133. The van der Waals surface area contributed by atoms with E-state index < -0.39 is 4.92 Å². The maximum absolute atomic E-state index is 11.2. The number of hydrogen-bond donors (Lipinski definition) is 0. The Morgan fingerprint density at radius 1 is 1.27 bits per heavy atom. The highest BCUT2D eigenvalue weighted by atomic mass is 16.6. The van der Waals surface area contributed by atoms with E-state index in [9.17, 15) is 10.1 Å². The molecular formula is C14H17N5O3. The minimum Gasteiger partial charge on any atom is -0.379 e. The molecule has 1 saturated heterocycles. The Morgan fingerprint density at radius 2 is 2.09 bits per heavy atom. The standard InChI is InChI=1S/C14H17N5O3/c20-19(21)13-11-18(6-5-17-7-9-22-10-8-17)16-14(13)12-3-1-2-4-15-12/h1-4,11H,5-10H2. The first kappa shape index (κ1) is 14.6. The van der Waals surface area contributed by atoms with Gasteiger partial charge in [-0.1, -0.05) is 6.07 Å². The summed E-state index contributed by atoms with van der Waals surface area (Å²) in [5.74, 6) is 0. The minimum atomic E-state index is -0.414. The van der Waals surface area contributed by atoms with Crippen molar-refractivity contribution in [2.24, 2.45) is 0 Å². The second kappa shape index (κ2) is 6.63. The Kier molecular flexibility index (Phi) is 4.40. The third-order valence-electron chi connectivity index (χ3n) is 3.60. The van der Waals surface area contributed by atoms with Crippen LogP contribution in [0, 0.1) is 10.1 Å². The van der Waals surface area contributed by atoms with Gasteiger partial charge in [0, 0.05) is 25.8 Å². The molecule has 3 heterocycles. The summed E-state index contributed by atoms with van der Waals surface area (Å²) in [5.41, 5.74) is 0.813. The molecule has 0 saturated carbocycles. The van der Waals surface area contributed by atoms with E-state index >= 15 is 0 Å². The van der Waals surface area contributed by atoms with Gasteiger partial charge >= 0.3 is 5.69 Å². The van der Waals surface area contributed by atoms with Crippen molar-refractivity contribution < 1.29 is 9.66 Å². The van der Waals surface area contributed by atoms with E-state index in [0.29, 0.717) is 17.9 Å². The molecule has 2 aromatic rings. The van der Waals surface area contributed by atoms with Crippen molar-refractivity contribution in [3.05, 3.63) is 40.7 Å². The normalized spacial score (nSPS) is 15.8. The summed E-state index contributed by atoms with van der Waals surface area (Å²) in [5, 5.41) is 15.6. The average Bonchev–Trinajstić information content (AvgIpc) is 2.99. The van der Waals surface area contributed by atoms with Gasteiger partial charge in [0.2, 0.25) is 0 Å². The van der Waals surface area contributed by atoms with Gasteiger partial charge in [-0.05, 0) is 12.1 Å². The van der Waals surface area contributed by atoms with Crippen LogP contribution in [0.5, 0.6) is 0 Å². The number of morpholine rings is 1. The molecule has 1 fully saturated rings. The Labute approximate surface area is 127 Å². The first-order chi connectivity index (χ1) is 10.7. The lowest BCUT2D eigenvalue weighted by Crippen LogP contribution is -2.38. The molecule has 0 bridgehead atoms. The molecule has 8 heteroatoms. The van der Waals surface area contributed by atoms with E-state index in [-0.39, 0.29) is 5.69 Å². The van der Waals surface area contributed by atoms with Crippen molar-refractivity contribution in [1.82, 2.24) is 19.7 Å². The molecule has 0 atom stereocenters. The fourth-order valence-electron chi connectivity index (χ4n) is 2.41. The fourth-order valence-corrected chi connectivity index (χ4v) is 2.41. The summed E-state index contributed by atoms with van der Waals surface area (Å²) in [7, 11) is 0. The molecule has 0 spiro atoms. The van der Waals surface area contributed by atoms with Crippen LogP contribution in [-0.4, -0.2) is 57.4 Å². The molecule has 0 amide bonds. The molecule has 1 aliphatic heterocycles. The van der Waals surface area contributed by atoms with Gasteiger partial charge in [-0.15, -0.1) is 0 Å². The summed E-state index contributed by atoms with van der Waals surface area (Å²) < 4.78 is 6.93. The molecular weight excluding hydrogens is 286 g/mol. The van der Waals surface area contributed by atoms with Crippen LogP contribution in [0.15, 0.2) is 30.6 Å². The molecule has 0 unspecified atom stereocenters. The number of pyridine rings is 1. The maximum Gasteiger partial charge on any atom is 0.316 e. The fraction of sp³-hybridized carbons (Fsp3) is 0.429. The zero-order valence-corrected chi connectivity index (χ0v) is 12.1. The predicted octanol–water partition coefficient (Wildman–Crippen LogP) is 1.19. The summed E-state index contributed by atoms with van der Waals surface area (Å²) >= 11 is 0. The summed E-state index contributed by atoms with van der Waals surface area (Å²) in [6.07, 6.45) is 3.08. The molecule has 0 radical (unpaired) electrons. The largest absolute Gasteiger partial charge is 0.379 e. The summed E-state index contributed by atoms with van der Waals surface area (Å²) in [6, 6.07) is 5.28. The van der Waals surface area contributed by atoms with Gasteiger partial charge in [0.15, 0.2) is 5.69 Å². The van der Waals surface area contributed by atoms with Gasteiger partial charge < -0.3 is 4.74 Å². The van der Waals surface area contributed by atoms with E-state index in [1.165, 1.54) is 6.20 Å². The van der Waals surface area contributed by atoms with Crippen molar-refractivity contribution in [3.63, 3.8) is 0 Å². The van der Waals surface area contributed by atoms with Crippen molar-refractivity contribution in [2.45, 2.75) is 6.54 Å². The number of nitrogens with zero attached hydrogens (tertiary/aromatic N) is 5. The lowest BCUT2D eigenvalue weighted by Gasteiger charge is -2.26. The zero-order valence-electron chi connectivity index (χ0n) is 12.1. The highest BCUT2D eigenvalue weighted by Crippen LogP contribution is 2.26. The molecule has 0 aliphatic carbocycles. The lowest BCUT2D eigenvalue weighted by molar-refractivity contribution is -0.384. The lowest BCUT2D eigenvalue weighted by atomic mass is 10.2. The van der Waals surface area contributed by atoms with Crippen molar-refractivity contribution >= 4 is 5.69 Å². The molecule has 0 N–H and O–H groups in total. The Hall–Kier alpha value is -2.32.